The van der Waals surface area contributed by atoms with E-state index in [0.29, 0.717) is 37.6 Å². The Hall–Kier alpha value is -1.79. The van der Waals surface area contributed by atoms with Gasteiger partial charge in [-0.3, -0.25) is 9.69 Å². The molecule has 140 valence electrons. The summed E-state index contributed by atoms with van der Waals surface area (Å²) in [6.07, 6.45) is 0.790. The van der Waals surface area contributed by atoms with Gasteiger partial charge in [0.2, 0.25) is 0 Å². The topological polar surface area (TPSA) is 90.2 Å². The van der Waals surface area contributed by atoms with E-state index in [1.54, 1.807) is 25.3 Å². The minimum absolute atomic E-state index is 0.150. The number of aliphatic carboxylic acids is 1. The fourth-order valence-corrected chi connectivity index (χ4v) is 3.54. The summed E-state index contributed by atoms with van der Waals surface area (Å²) in [5.74, 6) is 0.252. The number of methoxy groups -OCH3 is 1. The second-order valence-corrected chi connectivity index (χ2v) is 7.41. The summed E-state index contributed by atoms with van der Waals surface area (Å²) < 4.78 is 5.34. The van der Waals surface area contributed by atoms with Crippen LogP contribution < -0.4 is 4.74 Å². The van der Waals surface area contributed by atoms with Gasteiger partial charge in [-0.15, -0.1) is 0 Å². The van der Waals surface area contributed by atoms with E-state index in [1.807, 2.05) is 4.90 Å². The van der Waals surface area contributed by atoms with Crippen molar-refractivity contribution in [2.45, 2.75) is 45.8 Å². The number of phenolic OH excluding ortho intramolecular Hbond substituents is 1. The number of ether oxygens (including phenoxy) is 1. The Kier molecular flexibility index (Phi) is 6.30. The Labute approximate surface area is 149 Å². The van der Waals surface area contributed by atoms with Crippen LogP contribution >= 0.6 is 0 Å². The number of piperidine rings is 1. The van der Waals surface area contributed by atoms with Gasteiger partial charge in [-0.1, -0.05) is 13.8 Å². The van der Waals surface area contributed by atoms with Crippen LogP contribution in [0.2, 0.25) is 0 Å². The van der Waals surface area contributed by atoms with Gasteiger partial charge in [0.25, 0.3) is 0 Å². The first kappa shape index (κ1) is 19.5. The smallest absolute Gasteiger partial charge is 0.313 e. The van der Waals surface area contributed by atoms with Crippen LogP contribution in [0.4, 0.5) is 0 Å². The van der Waals surface area contributed by atoms with Crippen molar-refractivity contribution in [3.63, 3.8) is 0 Å². The molecule has 0 radical (unpaired) electrons. The zero-order chi connectivity index (χ0) is 18.6. The molecule has 6 nitrogen and oxygen atoms in total. The average Bonchev–Trinajstić information content (AvgIpc) is 2.55. The number of phenols is 1. The van der Waals surface area contributed by atoms with Gasteiger partial charge in [-0.05, 0) is 43.4 Å². The molecule has 25 heavy (non-hydrogen) atoms. The third kappa shape index (κ3) is 4.44. The fourth-order valence-electron chi connectivity index (χ4n) is 3.54. The highest BCUT2D eigenvalue weighted by molar-refractivity contribution is 5.76. The second-order valence-electron chi connectivity index (χ2n) is 7.41. The highest BCUT2D eigenvalue weighted by Crippen LogP contribution is 2.38. The minimum Gasteiger partial charge on any atom is -0.508 e. The van der Waals surface area contributed by atoms with Crippen LogP contribution in [-0.2, 0) is 11.3 Å². The molecule has 1 saturated heterocycles. The number of hydrogen-bond donors (Lipinski definition) is 3. The summed E-state index contributed by atoms with van der Waals surface area (Å²) in [5, 5.41) is 30.0. The lowest BCUT2D eigenvalue weighted by atomic mass is 9.72. The van der Waals surface area contributed by atoms with Crippen molar-refractivity contribution in [3.8, 4) is 11.5 Å². The van der Waals surface area contributed by atoms with Crippen LogP contribution in [0.15, 0.2) is 18.2 Å². The molecule has 0 saturated carbocycles. The molecule has 2 rings (SSSR count). The Morgan fingerprint density at radius 3 is 2.76 bits per heavy atom. The first-order chi connectivity index (χ1) is 11.8. The minimum atomic E-state index is -1.15. The summed E-state index contributed by atoms with van der Waals surface area (Å²) in [6.45, 7) is 5.48. The van der Waals surface area contributed by atoms with E-state index in [1.165, 1.54) is 0 Å². The number of carboxylic acid groups (broad SMARTS) is 1. The maximum absolute atomic E-state index is 12.0. The summed E-state index contributed by atoms with van der Waals surface area (Å²) >= 11 is 0. The van der Waals surface area contributed by atoms with Crippen molar-refractivity contribution < 1.29 is 24.9 Å². The zero-order valence-electron chi connectivity index (χ0n) is 15.2. The number of likely N-dealkylation sites (tertiary alicyclic amines) is 1. The van der Waals surface area contributed by atoms with Gasteiger partial charge in [0, 0.05) is 25.2 Å². The molecule has 1 aliphatic heterocycles. The number of aromatic hydroxyl groups is 1. The normalized spacial score (nSPS) is 24.4. The van der Waals surface area contributed by atoms with Crippen molar-refractivity contribution in [1.29, 1.82) is 0 Å². The van der Waals surface area contributed by atoms with E-state index >= 15 is 0 Å². The first-order valence-corrected chi connectivity index (χ1v) is 8.78. The first-order valence-electron chi connectivity index (χ1n) is 8.78. The van der Waals surface area contributed by atoms with Crippen molar-refractivity contribution in [2.24, 2.45) is 11.3 Å². The number of carbonyl (C=O) groups is 1. The van der Waals surface area contributed by atoms with Crippen molar-refractivity contribution in [1.82, 2.24) is 4.90 Å². The van der Waals surface area contributed by atoms with Gasteiger partial charge in [0.15, 0.2) is 0 Å². The molecule has 1 aliphatic rings. The summed E-state index contributed by atoms with van der Waals surface area (Å²) in [4.78, 5) is 14.0. The Morgan fingerprint density at radius 1 is 1.44 bits per heavy atom. The highest BCUT2D eigenvalue weighted by Gasteiger charge is 2.48. The van der Waals surface area contributed by atoms with E-state index in [9.17, 15) is 20.1 Å². The number of rotatable bonds is 7. The Balaban J connectivity index is 2.21. The molecule has 0 bridgehead atoms. The van der Waals surface area contributed by atoms with Crippen LogP contribution in [0, 0.1) is 11.3 Å². The monoisotopic (exact) mass is 351 g/mol. The Morgan fingerprint density at radius 2 is 2.16 bits per heavy atom. The number of aliphatic hydroxyl groups is 1. The maximum Gasteiger partial charge on any atom is 0.313 e. The third-order valence-corrected chi connectivity index (χ3v) is 5.11. The quantitative estimate of drug-likeness (QED) is 0.699. The van der Waals surface area contributed by atoms with Crippen molar-refractivity contribution >= 4 is 5.97 Å². The molecule has 3 N–H and O–H groups in total. The van der Waals surface area contributed by atoms with E-state index in [4.69, 9.17) is 4.74 Å². The van der Waals surface area contributed by atoms with Crippen LogP contribution in [0.5, 0.6) is 11.5 Å². The van der Waals surface area contributed by atoms with Gasteiger partial charge in [0.1, 0.15) is 16.9 Å². The molecular weight excluding hydrogens is 322 g/mol. The van der Waals surface area contributed by atoms with Crippen LogP contribution in [0.25, 0.3) is 0 Å². The standard InChI is InChI=1S/C19H29NO5/c1-13(2)6-8-19(18(23)24)12-20(9-7-17(19)22)11-14-10-15(21)4-5-16(14)25-3/h4-5,10,13,17,21-22H,6-9,11-12H2,1-3H3,(H,23,24)/t17-,19+/m0/s1. The van der Waals surface area contributed by atoms with Crippen LogP contribution in [0.3, 0.4) is 0 Å². The molecule has 1 aromatic carbocycles. The SMILES string of the molecule is COc1ccc(O)cc1CN1CC[C@H](O)[C@](CCC(C)C)(C(=O)O)C1. The third-order valence-electron chi connectivity index (χ3n) is 5.11. The molecular formula is C19H29NO5. The van der Waals surface area contributed by atoms with E-state index in [0.717, 1.165) is 12.0 Å². The predicted molar refractivity (Wildman–Crippen MR) is 94.7 cm³/mol. The lowest BCUT2D eigenvalue weighted by Crippen LogP contribution is -2.55. The number of benzene rings is 1. The van der Waals surface area contributed by atoms with Crippen LogP contribution in [0.1, 0.15) is 38.7 Å². The second kappa shape index (κ2) is 8.06. The summed E-state index contributed by atoms with van der Waals surface area (Å²) in [5.41, 5.74) is -0.339. The number of aliphatic hydroxyl groups excluding tert-OH is 1. The molecule has 0 amide bonds. The molecule has 6 heteroatoms. The van der Waals surface area contributed by atoms with E-state index < -0.39 is 17.5 Å². The summed E-state index contributed by atoms with van der Waals surface area (Å²) in [7, 11) is 1.57. The molecule has 0 aliphatic carbocycles. The number of carboxylic acids is 1. The molecule has 2 atom stereocenters. The maximum atomic E-state index is 12.0. The van der Waals surface area contributed by atoms with Gasteiger partial charge in [-0.25, -0.2) is 0 Å². The largest absolute Gasteiger partial charge is 0.508 e. The van der Waals surface area contributed by atoms with E-state index in [-0.39, 0.29) is 12.3 Å². The Bertz CT molecular complexity index is 603. The van der Waals surface area contributed by atoms with Crippen molar-refractivity contribution in [3.05, 3.63) is 23.8 Å². The molecule has 0 aromatic heterocycles. The summed E-state index contributed by atoms with van der Waals surface area (Å²) in [6, 6.07) is 4.90. The van der Waals surface area contributed by atoms with Crippen molar-refractivity contribution in [2.75, 3.05) is 20.2 Å². The van der Waals surface area contributed by atoms with Gasteiger partial charge in [0.05, 0.1) is 13.2 Å². The lowest BCUT2D eigenvalue weighted by Gasteiger charge is -2.43. The lowest BCUT2D eigenvalue weighted by molar-refractivity contribution is -0.165. The highest BCUT2D eigenvalue weighted by atomic mass is 16.5. The number of nitrogens with zero attached hydrogens (tertiary/aromatic N) is 1. The fraction of sp³-hybridized carbons (Fsp3) is 0.632. The molecule has 1 aromatic rings. The average molecular weight is 351 g/mol. The predicted octanol–water partition coefficient (Wildman–Crippen LogP) is 2.47. The van der Waals surface area contributed by atoms with Gasteiger partial charge in [-0.2, -0.15) is 0 Å². The molecule has 0 spiro atoms. The number of hydrogen-bond acceptors (Lipinski definition) is 5. The molecule has 0 unspecified atom stereocenters. The van der Waals surface area contributed by atoms with Gasteiger partial charge < -0.3 is 20.1 Å². The van der Waals surface area contributed by atoms with Crippen LogP contribution in [-0.4, -0.2) is 52.5 Å². The molecule has 1 fully saturated rings. The van der Waals surface area contributed by atoms with E-state index in [2.05, 4.69) is 13.8 Å². The van der Waals surface area contributed by atoms with Gasteiger partial charge >= 0.3 is 5.97 Å². The molecule has 1 heterocycles. The zero-order valence-corrected chi connectivity index (χ0v) is 15.2.